The lowest BCUT2D eigenvalue weighted by atomic mass is 10.3. The van der Waals surface area contributed by atoms with Gasteiger partial charge in [0.1, 0.15) is 12.0 Å². The van der Waals surface area contributed by atoms with Crippen molar-refractivity contribution in [2.75, 3.05) is 5.73 Å². The van der Waals surface area contributed by atoms with Gasteiger partial charge in [-0.2, -0.15) is 14.8 Å². The van der Waals surface area contributed by atoms with Crippen LogP contribution < -0.4 is 5.73 Å². The summed E-state index contributed by atoms with van der Waals surface area (Å²) in [5.74, 6) is 0.115. The lowest BCUT2D eigenvalue weighted by molar-refractivity contribution is -0.384. The van der Waals surface area contributed by atoms with Crippen LogP contribution in [0.4, 0.5) is 11.6 Å². The van der Waals surface area contributed by atoms with Crippen molar-refractivity contribution in [1.29, 1.82) is 0 Å². The molecule has 2 N–H and O–H groups in total. The van der Waals surface area contributed by atoms with Crippen LogP contribution in [0.2, 0.25) is 0 Å². The van der Waals surface area contributed by atoms with Crippen molar-refractivity contribution in [2.45, 2.75) is 0 Å². The molecule has 0 radical (unpaired) electrons. The number of hydrogen-bond donors (Lipinski definition) is 1. The molecule has 7 nitrogen and oxygen atoms in total. The summed E-state index contributed by atoms with van der Waals surface area (Å²) in [6, 6.07) is 6.19. The van der Waals surface area contributed by atoms with Crippen molar-refractivity contribution in [3.05, 3.63) is 40.7 Å². The smallest absolute Gasteiger partial charge is 0.295 e. The topological polar surface area (TPSA) is 99.9 Å². The lowest BCUT2D eigenvalue weighted by Gasteiger charge is -2.02. The second-order valence-electron chi connectivity index (χ2n) is 2.78. The van der Waals surface area contributed by atoms with Gasteiger partial charge in [-0.05, 0) is 6.07 Å². The van der Waals surface area contributed by atoms with Crippen molar-refractivity contribution >= 4 is 11.6 Å². The van der Waals surface area contributed by atoms with E-state index in [0.29, 0.717) is 5.69 Å². The number of benzene rings is 1. The first kappa shape index (κ1) is 9.13. The number of anilines is 1. The van der Waals surface area contributed by atoms with Crippen LogP contribution in [0.5, 0.6) is 0 Å². The maximum absolute atomic E-state index is 10.7. The molecule has 1 aromatic carbocycles. The summed E-state index contributed by atoms with van der Waals surface area (Å²) in [6.07, 6.45) is 1.24. The van der Waals surface area contributed by atoms with Crippen LogP contribution in [-0.4, -0.2) is 19.7 Å². The zero-order valence-electron chi connectivity index (χ0n) is 7.57. The number of nitrogens with zero attached hydrogens (tertiary/aromatic N) is 4. The van der Waals surface area contributed by atoms with Crippen molar-refractivity contribution in [1.82, 2.24) is 14.8 Å². The molecule has 1 aromatic heterocycles. The summed E-state index contributed by atoms with van der Waals surface area (Å²) in [7, 11) is 0. The third kappa shape index (κ3) is 1.50. The summed E-state index contributed by atoms with van der Waals surface area (Å²) in [4.78, 5) is 13.9. The first-order chi connectivity index (χ1) is 7.20. The highest BCUT2D eigenvalue weighted by molar-refractivity contribution is 5.53. The molecule has 0 aliphatic carbocycles. The molecule has 0 aliphatic rings. The SMILES string of the molecule is Nc1ncnn1-c1ccccc1[N+](=O)[O-]. The Hall–Kier alpha value is -2.44. The number of nitro benzene ring substituents is 1. The molecule has 0 fully saturated rings. The highest BCUT2D eigenvalue weighted by atomic mass is 16.6. The molecular weight excluding hydrogens is 198 g/mol. The molecule has 1 heterocycles. The Morgan fingerprint density at radius 2 is 2.13 bits per heavy atom. The minimum atomic E-state index is -0.490. The molecule has 2 rings (SSSR count). The van der Waals surface area contributed by atoms with Crippen LogP contribution in [0.1, 0.15) is 0 Å². The minimum Gasteiger partial charge on any atom is -0.368 e. The Morgan fingerprint density at radius 1 is 1.40 bits per heavy atom. The average Bonchev–Trinajstić information content (AvgIpc) is 2.64. The van der Waals surface area contributed by atoms with Crippen LogP contribution in [0.3, 0.4) is 0 Å². The largest absolute Gasteiger partial charge is 0.368 e. The molecule has 0 amide bonds. The van der Waals surface area contributed by atoms with Gasteiger partial charge >= 0.3 is 0 Å². The van der Waals surface area contributed by atoms with E-state index in [9.17, 15) is 10.1 Å². The number of hydrogen-bond acceptors (Lipinski definition) is 5. The second-order valence-corrected chi connectivity index (χ2v) is 2.78. The van der Waals surface area contributed by atoms with Gasteiger partial charge in [-0.15, -0.1) is 0 Å². The number of aromatic nitrogens is 3. The summed E-state index contributed by atoms with van der Waals surface area (Å²) < 4.78 is 1.22. The van der Waals surface area contributed by atoms with Crippen molar-refractivity contribution in [2.24, 2.45) is 0 Å². The normalized spacial score (nSPS) is 10.1. The third-order valence-electron chi connectivity index (χ3n) is 1.88. The summed E-state index contributed by atoms with van der Waals surface area (Å²) in [6.45, 7) is 0. The van der Waals surface area contributed by atoms with E-state index in [1.54, 1.807) is 18.2 Å². The van der Waals surface area contributed by atoms with E-state index in [1.807, 2.05) is 0 Å². The molecule has 15 heavy (non-hydrogen) atoms. The predicted molar refractivity (Wildman–Crippen MR) is 52.4 cm³/mol. The van der Waals surface area contributed by atoms with Gasteiger partial charge in [0.15, 0.2) is 0 Å². The van der Waals surface area contributed by atoms with Crippen molar-refractivity contribution < 1.29 is 4.92 Å². The van der Waals surface area contributed by atoms with Crippen LogP contribution in [0.25, 0.3) is 5.69 Å². The van der Waals surface area contributed by atoms with Gasteiger partial charge in [0, 0.05) is 6.07 Å². The molecule has 0 spiro atoms. The van der Waals surface area contributed by atoms with E-state index in [4.69, 9.17) is 5.73 Å². The van der Waals surface area contributed by atoms with Gasteiger partial charge in [0.25, 0.3) is 5.69 Å². The first-order valence-electron chi connectivity index (χ1n) is 4.09. The maximum Gasteiger partial charge on any atom is 0.295 e. The van der Waals surface area contributed by atoms with Gasteiger partial charge < -0.3 is 5.73 Å². The number of nitro groups is 1. The Bertz CT molecular complexity index is 507. The van der Waals surface area contributed by atoms with E-state index in [1.165, 1.54) is 17.1 Å². The number of nitrogens with two attached hydrogens (primary N) is 1. The molecule has 0 atom stereocenters. The van der Waals surface area contributed by atoms with Gasteiger partial charge in [0.05, 0.1) is 4.92 Å². The third-order valence-corrected chi connectivity index (χ3v) is 1.88. The van der Waals surface area contributed by atoms with Crippen molar-refractivity contribution in [3.63, 3.8) is 0 Å². The molecule has 0 saturated carbocycles. The fourth-order valence-corrected chi connectivity index (χ4v) is 1.23. The van der Waals surface area contributed by atoms with E-state index < -0.39 is 4.92 Å². The van der Waals surface area contributed by atoms with E-state index >= 15 is 0 Å². The first-order valence-corrected chi connectivity index (χ1v) is 4.09. The molecule has 76 valence electrons. The van der Waals surface area contributed by atoms with Crippen molar-refractivity contribution in [3.8, 4) is 5.69 Å². The fourth-order valence-electron chi connectivity index (χ4n) is 1.23. The highest BCUT2D eigenvalue weighted by Gasteiger charge is 2.16. The highest BCUT2D eigenvalue weighted by Crippen LogP contribution is 2.22. The molecule has 0 saturated heterocycles. The Morgan fingerprint density at radius 3 is 2.73 bits per heavy atom. The van der Waals surface area contributed by atoms with Gasteiger partial charge in [-0.25, -0.2) is 0 Å². The van der Waals surface area contributed by atoms with E-state index in [-0.39, 0.29) is 11.6 Å². The molecule has 0 unspecified atom stereocenters. The Labute approximate surface area is 84.3 Å². The number of nitrogen functional groups attached to an aromatic ring is 1. The van der Waals surface area contributed by atoms with Crippen LogP contribution in [-0.2, 0) is 0 Å². The van der Waals surface area contributed by atoms with Gasteiger partial charge in [-0.3, -0.25) is 10.1 Å². The Kier molecular flexibility index (Phi) is 2.05. The maximum atomic E-state index is 10.7. The molecule has 7 heteroatoms. The lowest BCUT2D eigenvalue weighted by Crippen LogP contribution is -2.05. The van der Waals surface area contributed by atoms with E-state index in [2.05, 4.69) is 10.1 Å². The zero-order chi connectivity index (χ0) is 10.8. The Balaban J connectivity index is 2.63. The summed E-state index contributed by atoms with van der Waals surface area (Å²) in [5.41, 5.74) is 5.75. The number of rotatable bonds is 2. The van der Waals surface area contributed by atoms with Gasteiger partial charge in [0.2, 0.25) is 5.95 Å². The monoisotopic (exact) mass is 205 g/mol. The quantitative estimate of drug-likeness (QED) is 0.576. The summed E-state index contributed by atoms with van der Waals surface area (Å²) >= 11 is 0. The minimum absolute atomic E-state index is 0.0605. The predicted octanol–water partition coefficient (Wildman–Crippen LogP) is 0.758. The van der Waals surface area contributed by atoms with Crippen LogP contribution >= 0.6 is 0 Å². The summed E-state index contributed by atoms with van der Waals surface area (Å²) in [5, 5.41) is 14.5. The standard InChI is InChI=1S/C8H7N5O2/c9-8-10-5-11-12(8)6-3-1-2-4-7(6)13(14)15/h1-5H,(H2,9,10,11). The fraction of sp³-hybridized carbons (Fsp3) is 0. The van der Waals surface area contributed by atoms with E-state index in [0.717, 1.165) is 0 Å². The van der Waals surface area contributed by atoms with Gasteiger partial charge in [-0.1, -0.05) is 12.1 Å². The molecule has 0 aliphatic heterocycles. The molecule has 2 aromatic rings. The van der Waals surface area contributed by atoms with Crippen LogP contribution in [0.15, 0.2) is 30.6 Å². The second kappa shape index (κ2) is 3.37. The number of para-hydroxylation sites is 2. The zero-order valence-corrected chi connectivity index (χ0v) is 7.57. The average molecular weight is 205 g/mol. The van der Waals surface area contributed by atoms with Crippen LogP contribution in [0, 0.1) is 10.1 Å². The molecular formula is C8H7N5O2. The molecule has 0 bridgehead atoms.